The van der Waals surface area contributed by atoms with E-state index in [9.17, 15) is 0 Å². The standard InChI is InChI=1S/C18H29N/c1-4-13-18(3,5-2)17(19-14-9-10-15-19)16-11-7-6-8-12-16/h6-8,11-12,17H,4-5,9-10,13-15H2,1-3H3/t17-,18?/m1/s1. The van der Waals surface area contributed by atoms with Gasteiger partial charge in [-0.3, -0.25) is 4.90 Å². The van der Waals surface area contributed by atoms with Gasteiger partial charge in [0.15, 0.2) is 0 Å². The van der Waals surface area contributed by atoms with E-state index in [4.69, 9.17) is 0 Å². The number of likely N-dealkylation sites (tertiary alicyclic amines) is 1. The summed E-state index contributed by atoms with van der Waals surface area (Å²) in [6.07, 6.45) is 6.60. The second-order valence-corrected chi connectivity index (χ2v) is 6.31. The second kappa shape index (κ2) is 6.56. The highest BCUT2D eigenvalue weighted by molar-refractivity contribution is 5.22. The SMILES string of the molecule is CCCC(C)(CC)[C@@H](c1ccccc1)N1CCCC1. The Morgan fingerprint density at radius 1 is 1.11 bits per heavy atom. The molecule has 0 aliphatic carbocycles. The van der Waals surface area contributed by atoms with Gasteiger partial charge in [0.1, 0.15) is 0 Å². The van der Waals surface area contributed by atoms with Crippen molar-refractivity contribution in [1.29, 1.82) is 0 Å². The van der Waals surface area contributed by atoms with E-state index >= 15 is 0 Å². The molecule has 0 radical (unpaired) electrons. The van der Waals surface area contributed by atoms with Gasteiger partial charge in [0, 0.05) is 6.04 Å². The summed E-state index contributed by atoms with van der Waals surface area (Å²) in [4.78, 5) is 2.73. The first-order valence-corrected chi connectivity index (χ1v) is 8.00. The van der Waals surface area contributed by atoms with Crippen LogP contribution in [0.2, 0.25) is 0 Å². The van der Waals surface area contributed by atoms with E-state index in [0.717, 1.165) is 0 Å². The van der Waals surface area contributed by atoms with E-state index < -0.39 is 0 Å². The third-order valence-electron chi connectivity index (χ3n) is 4.91. The molecule has 0 amide bonds. The van der Waals surface area contributed by atoms with Crippen molar-refractivity contribution in [2.24, 2.45) is 5.41 Å². The summed E-state index contributed by atoms with van der Waals surface area (Å²) in [6, 6.07) is 11.8. The van der Waals surface area contributed by atoms with Crippen LogP contribution in [0.25, 0.3) is 0 Å². The lowest BCUT2D eigenvalue weighted by Gasteiger charge is -2.43. The quantitative estimate of drug-likeness (QED) is 0.692. The van der Waals surface area contributed by atoms with Crippen LogP contribution in [0.1, 0.15) is 64.5 Å². The van der Waals surface area contributed by atoms with Gasteiger partial charge < -0.3 is 0 Å². The topological polar surface area (TPSA) is 3.24 Å². The average molecular weight is 259 g/mol. The average Bonchev–Trinajstić information content (AvgIpc) is 2.94. The number of hydrogen-bond donors (Lipinski definition) is 0. The van der Waals surface area contributed by atoms with Crippen LogP contribution >= 0.6 is 0 Å². The van der Waals surface area contributed by atoms with Crippen molar-refractivity contribution in [3.63, 3.8) is 0 Å². The molecule has 1 aliphatic rings. The molecular weight excluding hydrogens is 230 g/mol. The second-order valence-electron chi connectivity index (χ2n) is 6.31. The van der Waals surface area contributed by atoms with Crippen LogP contribution in [-0.4, -0.2) is 18.0 Å². The summed E-state index contributed by atoms with van der Waals surface area (Å²) >= 11 is 0. The molecule has 1 unspecified atom stereocenters. The first-order chi connectivity index (χ1) is 9.21. The van der Waals surface area contributed by atoms with Crippen LogP contribution in [0.15, 0.2) is 30.3 Å². The summed E-state index contributed by atoms with van der Waals surface area (Å²) in [7, 11) is 0. The maximum atomic E-state index is 2.73. The van der Waals surface area contributed by atoms with Crippen molar-refractivity contribution in [2.45, 2.75) is 58.9 Å². The molecule has 1 heteroatoms. The fourth-order valence-corrected chi connectivity index (χ4v) is 3.77. The Balaban J connectivity index is 2.33. The van der Waals surface area contributed by atoms with E-state index in [1.165, 1.54) is 50.8 Å². The number of hydrogen-bond acceptors (Lipinski definition) is 1. The molecule has 0 bridgehead atoms. The van der Waals surface area contributed by atoms with Gasteiger partial charge in [0.05, 0.1) is 0 Å². The fraction of sp³-hybridized carbons (Fsp3) is 0.667. The van der Waals surface area contributed by atoms with Crippen molar-refractivity contribution in [1.82, 2.24) is 4.90 Å². The highest BCUT2D eigenvalue weighted by Crippen LogP contribution is 2.45. The molecule has 1 saturated heterocycles. The van der Waals surface area contributed by atoms with E-state index in [0.29, 0.717) is 11.5 Å². The maximum absolute atomic E-state index is 2.73. The largest absolute Gasteiger partial charge is 0.296 e. The van der Waals surface area contributed by atoms with Crippen molar-refractivity contribution >= 4 is 0 Å². The zero-order valence-electron chi connectivity index (χ0n) is 12.9. The molecule has 0 saturated carbocycles. The van der Waals surface area contributed by atoms with Crippen molar-refractivity contribution in [3.05, 3.63) is 35.9 Å². The highest BCUT2D eigenvalue weighted by Gasteiger charge is 2.37. The van der Waals surface area contributed by atoms with Crippen LogP contribution in [0.4, 0.5) is 0 Å². The molecule has 2 rings (SSSR count). The Bertz CT molecular complexity index is 367. The van der Waals surface area contributed by atoms with E-state index in [1.807, 2.05) is 0 Å². The Labute approximate surface area is 119 Å². The van der Waals surface area contributed by atoms with Crippen LogP contribution in [0.3, 0.4) is 0 Å². The minimum absolute atomic E-state index is 0.403. The molecular formula is C18H29N. The minimum Gasteiger partial charge on any atom is -0.296 e. The molecule has 1 aromatic rings. The smallest absolute Gasteiger partial charge is 0.0401 e. The predicted molar refractivity (Wildman–Crippen MR) is 83.3 cm³/mol. The highest BCUT2D eigenvalue weighted by atomic mass is 15.2. The Hall–Kier alpha value is -0.820. The summed E-state index contributed by atoms with van der Waals surface area (Å²) in [6.45, 7) is 9.73. The molecule has 1 heterocycles. The lowest BCUT2D eigenvalue weighted by molar-refractivity contribution is 0.0806. The molecule has 0 spiro atoms. The first-order valence-electron chi connectivity index (χ1n) is 8.00. The number of nitrogens with zero attached hydrogens (tertiary/aromatic N) is 1. The zero-order valence-corrected chi connectivity index (χ0v) is 12.9. The number of benzene rings is 1. The van der Waals surface area contributed by atoms with Gasteiger partial charge in [-0.05, 0) is 49.8 Å². The van der Waals surface area contributed by atoms with Crippen molar-refractivity contribution < 1.29 is 0 Å². The van der Waals surface area contributed by atoms with E-state index in [2.05, 4.69) is 56.0 Å². The predicted octanol–water partition coefficient (Wildman–Crippen LogP) is 5.04. The summed E-state index contributed by atoms with van der Waals surface area (Å²) in [5.74, 6) is 0. The molecule has 1 aromatic carbocycles. The normalized spacial score (nSPS) is 21.2. The third-order valence-corrected chi connectivity index (χ3v) is 4.91. The molecule has 19 heavy (non-hydrogen) atoms. The molecule has 106 valence electrons. The van der Waals surface area contributed by atoms with Gasteiger partial charge in [-0.2, -0.15) is 0 Å². The molecule has 1 aliphatic heterocycles. The Kier molecular flexibility index (Phi) is 5.04. The van der Waals surface area contributed by atoms with Gasteiger partial charge >= 0.3 is 0 Å². The third kappa shape index (κ3) is 3.20. The van der Waals surface area contributed by atoms with Gasteiger partial charge in [-0.15, -0.1) is 0 Å². The zero-order chi connectivity index (χ0) is 13.7. The van der Waals surface area contributed by atoms with Crippen LogP contribution in [0.5, 0.6) is 0 Å². The van der Waals surface area contributed by atoms with E-state index in [1.54, 1.807) is 0 Å². The minimum atomic E-state index is 0.403. The number of rotatable bonds is 6. The van der Waals surface area contributed by atoms with Gasteiger partial charge in [-0.1, -0.05) is 57.5 Å². The molecule has 1 fully saturated rings. The Morgan fingerprint density at radius 3 is 2.26 bits per heavy atom. The monoisotopic (exact) mass is 259 g/mol. The first kappa shape index (κ1) is 14.6. The summed E-state index contributed by atoms with van der Waals surface area (Å²) in [5.41, 5.74) is 1.92. The molecule has 0 aromatic heterocycles. The van der Waals surface area contributed by atoms with E-state index in [-0.39, 0.29) is 0 Å². The maximum Gasteiger partial charge on any atom is 0.0401 e. The van der Waals surface area contributed by atoms with Crippen LogP contribution < -0.4 is 0 Å². The van der Waals surface area contributed by atoms with Crippen LogP contribution in [-0.2, 0) is 0 Å². The van der Waals surface area contributed by atoms with Crippen molar-refractivity contribution in [3.8, 4) is 0 Å². The molecule has 0 N–H and O–H groups in total. The van der Waals surface area contributed by atoms with Crippen LogP contribution in [0, 0.1) is 5.41 Å². The van der Waals surface area contributed by atoms with Gasteiger partial charge in [0.2, 0.25) is 0 Å². The summed E-state index contributed by atoms with van der Waals surface area (Å²) in [5, 5.41) is 0. The fourth-order valence-electron chi connectivity index (χ4n) is 3.77. The lowest BCUT2D eigenvalue weighted by atomic mass is 9.72. The Morgan fingerprint density at radius 2 is 1.74 bits per heavy atom. The molecule has 2 atom stereocenters. The molecule has 1 nitrogen and oxygen atoms in total. The van der Waals surface area contributed by atoms with Gasteiger partial charge in [-0.25, -0.2) is 0 Å². The summed E-state index contributed by atoms with van der Waals surface area (Å²) < 4.78 is 0. The van der Waals surface area contributed by atoms with Gasteiger partial charge in [0.25, 0.3) is 0 Å². The van der Waals surface area contributed by atoms with Crippen molar-refractivity contribution in [2.75, 3.05) is 13.1 Å². The lowest BCUT2D eigenvalue weighted by Crippen LogP contribution is -2.38.